The summed E-state index contributed by atoms with van der Waals surface area (Å²) >= 11 is 0. The molecular formula is C17H21N5O2. The summed E-state index contributed by atoms with van der Waals surface area (Å²) in [4.78, 5) is 28.0. The molecule has 0 unspecified atom stereocenters. The van der Waals surface area contributed by atoms with Gasteiger partial charge in [-0.05, 0) is 13.3 Å². The molecule has 7 heteroatoms. The maximum absolute atomic E-state index is 12.5. The molecule has 3 rings (SSSR count). The number of rotatable bonds is 2. The van der Waals surface area contributed by atoms with Gasteiger partial charge in [-0.25, -0.2) is 4.68 Å². The van der Waals surface area contributed by atoms with E-state index in [9.17, 15) is 9.59 Å². The number of nitrogens with one attached hydrogen (secondary N) is 1. The standard InChI is InChI=1S/C17H21N5O2/c1-6-12-10(2)20-14-13(8-19-22(14)15(12)23)11-7-18-21(9-11)16(24)17(3,4)5/h7-9,20H,6H2,1-5H3. The van der Waals surface area contributed by atoms with Crippen LogP contribution in [-0.4, -0.2) is 30.3 Å². The highest BCUT2D eigenvalue weighted by molar-refractivity contribution is 5.85. The average molecular weight is 327 g/mol. The molecule has 0 spiro atoms. The van der Waals surface area contributed by atoms with Crippen LogP contribution in [0.5, 0.6) is 0 Å². The molecule has 3 aromatic heterocycles. The number of hydrogen-bond donors (Lipinski definition) is 1. The van der Waals surface area contributed by atoms with Crippen LogP contribution < -0.4 is 5.56 Å². The molecule has 0 saturated carbocycles. The molecule has 0 atom stereocenters. The molecule has 0 aromatic carbocycles. The van der Waals surface area contributed by atoms with Crippen LogP contribution in [0.3, 0.4) is 0 Å². The number of carbonyl (C=O) groups is 1. The summed E-state index contributed by atoms with van der Waals surface area (Å²) in [6.07, 6.45) is 5.55. The second-order valence-corrected chi connectivity index (χ2v) is 6.93. The SMILES string of the molecule is CCc1c(C)[nH]c2c(-c3cnn(C(=O)C(C)(C)C)c3)cnn2c1=O. The van der Waals surface area contributed by atoms with Crippen LogP contribution in [0.15, 0.2) is 23.4 Å². The Morgan fingerprint density at radius 3 is 2.58 bits per heavy atom. The lowest BCUT2D eigenvalue weighted by atomic mass is 9.96. The number of carbonyl (C=O) groups excluding carboxylic acids is 1. The Labute approximate surface area is 139 Å². The molecule has 3 aromatic rings. The minimum absolute atomic E-state index is 0.0943. The molecule has 126 valence electrons. The van der Waals surface area contributed by atoms with Crippen LogP contribution in [0.2, 0.25) is 0 Å². The molecule has 0 saturated heterocycles. The van der Waals surface area contributed by atoms with Crippen molar-refractivity contribution in [2.75, 3.05) is 0 Å². The van der Waals surface area contributed by atoms with Crippen molar-refractivity contribution in [1.82, 2.24) is 24.4 Å². The normalized spacial score (nSPS) is 12.0. The topological polar surface area (TPSA) is 85.1 Å². The van der Waals surface area contributed by atoms with Gasteiger partial charge in [-0.2, -0.15) is 14.7 Å². The molecule has 0 bridgehead atoms. The summed E-state index contributed by atoms with van der Waals surface area (Å²) in [5.74, 6) is -0.0943. The first-order chi connectivity index (χ1) is 11.2. The summed E-state index contributed by atoms with van der Waals surface area (Å²) in [6, 6.07) is 0. The summed E-state index contributed by atoms with van der Waals surface area (Å²) in [5.41, 5.74) is 3.00. The van der Waals surface area contributed by atoms with Crippen molar-refractivity contribution in [3.8, 4) is 11.1 Å². The third-order valence-corrected chi connectivity index (χ3v) is 4.08. The van der Waals surface area contributed by atoms with Gasteiger partial charge in [0.05, 0.1) is 12.4 Å². The van der Waals surface area contributed by atoms with E-state index >= 15 is 0 Å². The van der Waals surface area contributed by atoms with Crippen molar-refractivity contribution in [2.45, 2.75) is 41.0 Å². The molecule has 1 N–H and O–H groups in total. The Hall–Kier alpha value is -2.70. The number of fused-ring (bicyclic) bond motifs is 1. The van der Waals surface area contributed by atoms with E-state index in [1.165, 1.54) is 9.20 Å². The van der Waals surface area contributed by atoms with E-state index in [1.807, 2.05) is 34.6 Å². The van der Waals surface area contributed by atoms with Crippen LogP contribution in [0.1, 0.15) is 43.7 Å². The Bertz CT molecular complexity index is 985. The highest BCUT2D eigenvalue weighted by Crippen LogP contribution is 2.24. The lowest BCUT2D eigenvalue weighted by Gasteiger charge is -2.15. The van der Waals surface area contributed by atoms with E-state index < -0.39 is 5.41 Å². The number of aromatic nitrogens is 5. The first-order valence-corrected chi connectivity index (χ1v) is 7.93. The number of hydrogen-bond acceptors (Lipinski definition) is 4. The fourth-order valence-corrected chi connectivity index (χ4v) is 2.71. The molecule has 24 heavy (non-hydrogen) atoms. The third kappa shape index (κ3) is 2.46. The van der Waals surface area contributed by atoms with E-state index in [-0.39, 0.29) is 11.5 Å². The van der Waals surface area contributed by atoms with Gasteiger partial charge in [-0.1, -0.05) is 27.7 Å². The van der Waals surface area contributed by atoms with Gasteiger partial charge < -0.3 is 4.98 Å². The molecule has 0 aliphatic heterocycles. The zero-order valence-electron chi connectivity index (χ0n) is 14.5. The summed E-state index contributed by atoms with van der Waals surface area (Å²) in [6.45, 7) is 9.36. The van der Waals surface area contributed by atoms with E-state index in [4.69, 9.17) is 0 Å². The fraction of sp³-hybridized carbons (Fsp3) is 0.412. The predicted octanol–water partition coefficient (Wildman–Crippen LogP) is 2.44. The van der Waals surface area contributed by atoms with Crippen LogP contribution in [0.4, 0.5) is 0 Å². The van der Waals surface area contributed by atoms with E-state index in [2.05, 4.69) is 15.2 Å². The van der Waals surface area contributed by atoms with Gasteiger partial charge in [0.2, 0.25) is 0 Å². The van der Waals surface area contributed by atoms with Gasteiger partial charge in [-0.15, -0.1) is 0 Å². The molecule has 0 amide bonds. The third-order valence-electron chi connectivity index (χ3n) is 4.08. The summed E-state index contributed by atoms with van der Waals surface area (Å²) in [7, 11) is 0. The Balaban J connectivity index is 2.14. The molecule has 0 radical (unpaired) electrons. The van der Waals surface area contributed by atoms with Crippen molar-refractivity contribution in [3.05, 3.63) is 40.2 Å². The van der Waals surface area contributed by atoms with Crippen molar-refractivity contribution in [3.63, 3.8) is 0 Å². The van der Waals surface area contributed by atoms with Crippen molar-refractivity contribution >= 4 is 11.6 Å². The van der Waals surface area contributed by atoms with E-state index in [0.717, 1.165) is 22.4 Å². The minimum atomic E-state index is -0.523. The molecular weight excluding hydrogens is 306 g/mol. The van der Waals surface area contributed by atoms with Gasteiger partial charge in [-0.3, -0.25) is 9.59 Å². The van der Waals surface area contributed by atoms with Crippen LogP contribution in [0.25, 0.3) is 16.8 Å². The number of aryl methyl sites for hydroxylation is 1. The van der Waals surface area contributed by atoms with Crippen LogP contribution in [-0.2, 0) is 6.42 Å². The molecule has 7 nitrogen and oxygen atoms in total. The van der Waals surface area contributed by atoms with E-state index in [1.54, 1.807) is 18.6 Å². The van der Waals surface area contributed by atoms with Gasteiger partial charge >= 0.3 is 0 Å². The largest absolute Gasteiger partial charge is 0.343 e. The fourth-order valence-electron chi connectivity index (χ4n) is 2.71. The number of nitrogens with zero attached hydrogens (tertiary/aromatic N) is 4. The summed E-state index contributed by atoms with van der Waals surface area (Å²) in [5, 5.41) is 8.36. The minimum Gasteiger partial charge on any atom is -0.343 e. The monoisotopic (exact) mass is 327 g/mol. The van der Waals surface area contributed by atoms with E-state index in [0.29, 0.717) is 12.1 Å². The van der Waals surface area contributed by atoms with Gasteiger partial charge in [0, 0.05) is 34.0 Å². The smallest absolute Gasteiger partial charge is 0.277 e. The Morgan fingerprint density at radius 1 is 1.25 bits per heavy atom. The summed E-state index contributed by atoms with van der Waals surface area (Å²) < 4.78 is 2.70. The first kappa shape index (κ1) is 16.2. The van der Waals surface area contributed by atoms with Gasteiger partial charge in [0.15, 0.2) is 0 Å². The lowest BCUT2D eigenvalue weighted by molar-refractivity contribution is 0.0749. The second-order valence-electron chi connectivity index (χ2n) is 6.93. The number of H-pyrrole nitrogens is 1. The number of aromatic amines is 1. The molecule has 0 aliphatic carbocycles. The highest BCUT2D eigenvalue weighted by Gasteiger charge is 2.24. The van der Waals surface area contributed by atoms with Crippen molar-refractivity contribution in [2.24, 2.45) is 5.41 Å². The van der Waals surface area contributed by atoms with Gasteiger partial charge in [0.1, 0.15) is 5.65 Å². The maximum atomic E-state index is 12.5. The zero-order valence-corrected chi connectivity index (χ0v) is 14.5. The second kappa shape index (κ2) is 5.43. The van der Waals surface area contributed by atoms with Gasteiger partial charge in [0.25, 0.3) is 11.5 Å². The first-order valence-electron chi connectivity index (χ1n) is 7.93. The Morgan fingerprint density at radius 2 is 1.96 bits per heavy atom. The molecule has 3 heterocycles. The zero-order chi connectivity index (χ0) is 17.6. The van der Waals surface area contributed by atoms with Crippen LogP contribution in [0, 0.1) is 12.3 Å². The van der Waals surface area contributed by atoms with Crippen molar-refractivity contribution < 1.29 is 4.79 Å². The molecule has 0 fully saturated rings. The van der Waals surface area contributed by atoms with Crippen molar-refractivity contribution in [1.29, 1.82) is 0 Å². The average Bonchev–Trinajstić information content (AvgIpc) is 3.12. The maximum Gasteiger partial charge on any atom is 0.277 e. The lowest BCUT2D eigenvalue weighted by Crippen LogP contribution is -2.26. The van der Waals surface area contributed by atoms with Crippen LogP contribution >= 0.6 is 0 Å². The highest BCUT2D eigenvalue weighted by atomic mass is 16.2. The quantitative estimate of drug-likeness (QED) is 0.783. The molecule has 0 aliphatic rings. The predicted molar refractivity (Wildman–Crippen MR) is 91.2 cm³/mol. The Kier molecular flexibility index (Phi) is 3.66.